The topological polar surface area (TPSA) is 75.6 Å². The van der Waals surface area contributed by atoms with Gasteiger partial charge in [-0.15, -0.1) is 0 Å². The number of carboxylic acids is 1. The molecule has 0 radical (unpaired) electrons. The molecular weight excluding hydrogens is 246 g/mol. The zero-order valence-electron chi connectivity index (χ0n) is 12.3. The number of rotatable bonds is 7. The van der Waals surface area contributed by atoms with Crippen LogP contribution in [0.3, 0.4) is 0 Å². The van der Waals surface area contributed by atoms with Crippen molar-refractivity contribution in [3.05, 3.63) is 0 Å². The lowest BCUT2D eigenvalue weighted by Crippen LogP contribution is -2.44. The van der Waals surface area contributed by atoms with Gasteiger partial charge >= 0.3 is 5.97 Å². The third-order valence-corrected chi connectivity index (χ3v) is 3.81. The van der Waals surface area contributed by atoms with E-state index in [1.807, 2.05) is 0 Å². The van der Waals surface area contributed by atoms with Crippen LogP contribution in [0.1, 0.15) is 40.0 Å². The SMILES string of the molecule is COCCC1(CNC(=O)C(C(=O)O)C(C)(C)C)CC1. The van der Waals surface area contributed by atoms with E-state index < -0.39 is 17.3 Å². The van der Waals surface area contributed by atoms with E-state index in [4.69, 9.17) is 4.74 Å². The van der Waals surface area contributed by atoms with Gasteiger partial charge < -0.3 is 15.2 Å². The molecule has 0 aromatic heterocycles. The summed E-state index contributed by atoms with van der Waals surface area (Å²) in [5, 5.41) is 12.0. The van der Waals surface area contributed by atoms with Gasteiger partial charge in [-0.1, -0.05) is 20.8 Å². The van der Waals surface area contributed by atoms with Crippen molar-refractivity contribution < 1.29 is 19.4 Å². The number of carbonyl (C=O) groups excluding carboxylic acids is 1. The van der Waals surface area contributed by atoms with Crippen LogP contribution in [-0.2, 0) is 14.3 Å². The standard InChI is InChI=1S/C14H25NO4/c1-13(2,3)10(12(17)18)11(16)15-9-14(5-6-14)7-8-19-4/h10H,5-9H2,1-4H3,(H,15,16)(H,17,18). The second-order valence-electron chi connectivity index (χ2n) is 6.60. The summed E-state index contributed by atoms with van der Waals surface area (Å²) in [5.41, 5.74) is -0.453. The van der Waals surface area contributed by atoms with E-state index in [1.54, 1.807) is 27.9 Å². The Bertz CT molecular complexity index is 342. The summed E-state index contributed by atoms with van der Waals surface area (Å²) in [5.74, 6) is -2.46. The lowest BCUT2D eigenvalue weighted by molar-refractivity contribution is -0.151. The summed E-state index contributed by atoms with van der Waals surface area (Å²) in [4.78, 5) is 23.3. The van der Waals surface area contributed by atoms with E-state index in [9.17, 15) is 14.7 Å². The lowest BCUT2D eigenvalue weighted by Gasteiger charge is -2.27. The monoisotopic (exact) mass is 271 g/mol. The average Bonchev–Trinajstić information content (AvgIpc) is 3.02. The molecule has 1 amide bonds. The molecular formula is C14H25NO4. The van der Waals surface area contributed by atoms with Gasteiger partial charge in [0.15, 0.2) is 0 Å². The zero-order valence-corrected chi connectivity index (χ0v) is 12.3. The Morgan fingerprint density at radius 2 is 1.95 bits per heavy atom. The highest BCUT2D eigenvalue weighted by atomic mass is 16.5. The predicted molar refractivity (Wildman–Crippen MR) is 71.8 cm³/mol. The molecule has 0 aliphatic heterocycles. The minimum absolute atomic E-state index is 0.132. The van der Waals surface area contributed by atoms with Crippen LogP contribution in [0.15, 0.2) is 0 Å². The van der Waals surface area contributed by atoms with E-state index in [-0.39, 0.29) is 11.3 Å². The lowest BCUT2D eigenvalue weighted by atomic mass is 9.80. The number of carboxylic acid groups (broad SMARTS) is 1. The van der Waals surface area contributed by atoms with E-state index in [1.165, 1.54) is 0 Å². The number of nitrogens with one attached hydrogen (secondary N) is 1. The van der Waals surface area contributed by atoms with Gasteiger partial charge in [0.05, 0.1) is 0 Å². The van der Waals surface area contributed by atoms with Gasteiger partial charge in [-0.05, 0) is 30.1 Å². The Hall–Kier alpha value is -1.10. The number of hydrogen-bond donors (Lipinski definition) is 2. The van der Waals surface area contributed by atoms with Crippen molar-refractivity contribution in [1.29, 1.82) is 0 Å². The van der Waals surface area contributed by atoms with Crippen LogP contribution in [0.25, 0.3) is 0 Å². The van der Waals surface area contributed by atoms with Gasteiger partial charge in [0, 0.05) is 20.3 Å². The molecule has 5 nitrogen and oxygen atoms in total. The first-order chi connectivity index (χ1) is 8.72. The molecule has 0 heterocycles. The molecule has 1 rings (SSSR count). The molecule has 1 saturated carbocycles. The molecule has 0 aromatic rings. The Balaban J connectivity index is 2.52. The molecule has 1 atom stereocenters. The maximum atomic E-state index is 12.1. The molecule has 5 heteroatoms. The Labute approximate surface area is 114 Å². The average molecular weight is 271 g/mol. The molecule has 1 fully saturated rings. The van der Waals surface area contributed by atoms with Crippen LogP contribution in [0, 0.1) is 16.7 Å². The molecule has 0 aromatic carbocycles. The van der Waals surface area contributed by atoms with Crippen molar-refractivity contribution in [2.75, 3.05) is 20.3 Å². The summed E-state index contributed by atoms with van der Waals surface area (Å²) in [6.45, 7) is 6.53. The molecule has 2 N–H and O–H groups in total. The van der Waals surface area contributed by atoms with Gasteiger partial charge in [0.25, 0.3) is 0 Å². The number of hydrogen-bond acceptors (Lipinski definition) is 3. The maximum Gasteiger partial charge on any atom is 0.316 e. The normalized spacial score (nSPS) is 18.7. The molecule has 19 heavy (non-hydrogen) atoms. The fraction of sp³-hybridized carbons (Fsp3) is 0.857. The van der Waals surface area contributed by atoms with Gasteiger partial charge in [-0.25, -0.2) is 0 Å². The second-order valence-corrected chi connectivity index (χ2v) is 6.60. The maximum absolute atomic E-state index is 12.1. The third kappa shape index (κ3) is 4.49. The highest BCUT2D eigenvalue weighted by Gasteiger charge is 2.44. The number of methoxy groups -OCH3 is 1. The third-order valence-electron chi connectivity index (χ3n) is 3.81. The summed E-state index contributed by atoms with van der Waals surface area (Å²) in [6, 6.07) is 0. The molecule has 1 unspecified atom stereocenters. The van der Waals surface area contributed by atoms with Gasteiger partial charge in [0.2, 0.25) is 5.91 Å². The Kier molecular flexibility index (Phi) is 4.96. The molecule has 110 valence electrons. The summed E-state index contributed by atoms with van der Waals surface area (Å²) in [6.07, 6.45) is 3.06. The van der Waals surface area contributed by atoms with E-state index in [0.29, 0.717) is 13.2 Å². The van der Waals surface area contributed by atoms with Crippen molar-refractivity contribution in [1.82, 2.24) is 5.32 Å². The number of amides is 1. The molecule has 0 saturated heterocycles. The first-order valence-electron chi connectivity index (χ1n) is 6.71. The van der Waals surface area contributed by atoms with Crippen molar-refractivity contribution in [2.45, 2.75) is 40.0 Å². The highest BCUT2D eigenvalue weighted by Crippen LogP contribution is 2.48. The van der Waals surface area contributed by atoms with Crippen LogP contribution in [0.2, 0.25) is 0 Å². The Morgan fingerprint density at radius 3 is 2.32 bits per heavy atom. The molecule has 1 aliphatic carbocycles. The second kappa shape index (κ2) is 5.90. The van der Waals surface area contributed by atoms with E-state index in [2.05, 4.69) is 5.32 Å². The smallest absolute Gasteiger partial charge is 0.316 e. The van der Waals surface area contributed by atoms with Crippen LogP contribution in [0.5, 0.6) is 0 Å². The van der Waals surface area contributed by atoms with Crippen molar-refractivity contribution >= 4 is 11.9 Å². The van der Waals surface area contributed by atoms with Gasteiger partial charge in [-0.2, -0.15) is 0 Å². The summed E-state index contributed by atoms with van der Waals surface area (Å²) in [7, 11) is 1.66. The molecule has 0 spiro atoms. The highest BCUT2D eigenvalue weighted by molar-refractivity contribution is 5.97. The number of aliphatic carboxylic acids is 1. The minimum Gasteiger partial charge on any atom is -0.481 e. The fourth-order valence-electron chi connectivity index (χ4n) is 2.26. The van der Waals surface area contributed by atoms with Crippen LogP contribution in [0.4, 0.5) is 0 Å². The number of ether oxygens (including phenoxy) is 1. The van der Waals surface area contributed by atoms with E-state index in [0.717, 1.165) is 19.3 Å². The first-order valence-corrected chi connectivity index (χ1v) is 6.71. The predicted octanol–water partition coefficient (Wildman–Crippen LogP) is 1.67. The summed E-state index contributed by atoms with van der Waals surface area (Å²) >= 11 is 0. The van der Waals surface area contributed by atoms with Crippen LogP contribution < -0.4 is 5.32 Å². The quantitative estimate of drug-likeness (QED) is 0.691. The van der Waals surface area contributed by atoms with Gasteiger partial charge in [-0.3, -0.25) is 9.59 Å². The molecule has 0 bridgehead atoms. The number of carbonyl (C=O) groups is 2. The van der Waals surface area contributed by atoms with Crippen LogP contribution >= 0.6 is 0 Å². The first kappa shape index (κ1) is 16.0. The van der Waals surface area contributed by atoms with Crippen molar-refractivity contribution in [2.24, 2.45) is 16.7 Å². The Morgan fingerprint density at radius 1 is 1.37 bits per heavy atom. The fourth-order valence-corrected chi connectivity index (χ4v) is 2.26. The summed E-state index contributed by atoms with van der Waals surface area (Å²) < 4.78 is 5.06. The van der Waals surface area contributed by atoms with Crippen LogP contribution in [-0.4, -0.2) is 37.2 Å². The van der Waals surface area contributed by atoms with E-state index >= 15 is 0 Å². The van der Waals surface area contributed by atoms with Crippen molar-refractivity contribution in [3.8, 4) is 0 Å². The van der Waals surface area contributed by atoms with Gasteiger partial charge in [0.1, 0.15) is 5.92 Å². The minimum atomic E-state index is -1.06. The van der Waals surface area contributed by atoms with Crippen molar-refractivity contribution in [3.63, 3.8) is 0 Å². The zero-order chi connectivity index (χ0) is 14.7. The largest absolute Gasteiger partial charge is 0.481 e. The molecule has 1 aliphatic rings.